The Hall–Kier alpha value is -2.37. The number of hydrogen-bond donors (Lipinski definition) is 1. The van der Waals surface area contributed by atoms with Crippen molar-refractivity contribution < 1.29 is 18.0 Å². The molecular formula is C14H9F3N2O. The maximum atomic E-state index is 13.0. The fraction of sp³-hybridized carbons (Fsp3) is 0.143. The third-order valence-electron chi connectivity index (χ3n) is 3.15. The number of carbonyl (C=O) groups is 1. The van der Waals surface area contributed by atoms with Gasteiger partial charge in [0.05, 0.1) is 17.3 Å². The molecule has 1 aromatic carbocycles. The highest BCUT2D eigenvalue weighted by Crippen LogP contribution is 2.36. The lowest BCUT2D eigenvalue weighted by atomic mass is 9.92. The molecule has 1 aromatic rings. The molecule has 1 aliphatic heterocycles. The molecular weight excluding hydrogens is 269 g/mol. The first kappa shape index (κ1) is 12.7. The van der Waals surface area contributed by atoms with Crippen molar-refractivity contribution in [2.75, 3.05) is 0 Å². The predicted molar refractivity (Wildman–Crippen MR) is 68.3 cm³/mol. The molecule has 0 radical (unpaired) electrons. The summed E-state index contributed by atoms with van der Waals surface area (Å²) in [6.45, 7) is 0. The molecule has 2 aliphatic rings. The molecule has 3 rings (SSSR count). The average Bonchev–Trinajstić information content (AvgIpc) is 2.76. The highest BCUT2D eigenvalue weighted by Gasteiger charge is 2.34. The number of allylic oxidation sites excluding steroid dienone is 2. The largest absolute Gasteiger partial charge is 0.417 e. The topological polar surface area (TPSA) is 41.5 Å². The molecule has 0 saturated carbocycles. The third-order valence-corrected chi connectivity index (χ3v) is 3.15. The van der Waals surface area contributed by atoms with Gasteiger partial charge in [-0.15, -0.1) is 0 Å². The van der Waals surface area contributed by atoms with Gasteiger partial charge in [0.1, 0.15) is 0 Å². The number of benzene rings is 1. The zero-order valence-electron chi connectivity index (χ0n) is 10.1. The fourth-order valence-electron chi connectivity index (χ4n) is 2.27. The van der Waals surface area contributed by atoms with Gasteiger partial charge in [-0.3, -0.25) is 0 Å². The molecule has 0 bridgehead atoms. The van der Waals surface area contributed by atoms with Crippen LogP contribution >= 0.6 is 0 Å². The van der Waals surface area contributed by atoms with E-state index in [-0.39, 0.29) is 5.56 Å². The van der Waals surface area contributed by atoms with Gasteiger partial charge >= 0.3 is 12.2 Å². The first-order chi connectivity index (χ1) is 9.45. The molecule has 1 atom stereocenters. The summed E-state index contributed by atoms with van der Waals surface area (Å²) >= 11 is 0. The number of nitrogens with zero attached hydrogens (tertiary/aromatic N) is 1. The van der Waals surface area contributed by atoms with E-state index in [0.29, 0.717) is 11.3 Å². The number of fused-ring (bicyclic) bond motifs is 1. The van der Waals surface area contributed by atoms with Crippen LogP contribution in [0.1, 0.15) is 11.1 Å². The van der Waals surface area contributed by atoms with E-state index in [1.807, 2.05) is 0 Å². The Bertz CT molecular complexity index is 671. The minimum absolute atomic E-state index is 0.0939. The second-order valence-corrected chi connectivity index (χ2v) is 4.46. The number of amides is 2. The molecule has 1 heterocycles. The number of rotatable bonds is 1. The minimum atomic E-state index is -4.42. The maximum Gasteiger partial charge on any atom is 0.417 e. The van der Waals surface area contributed by atoms with Crippen molar-refractivity contribution in [2.24, 2.45) is 4.99 Å². The van der Waals surface area contributed by atoms with Gasteiger partial charge in [-0.2, -0.15) is 18.2 Å². The minimum Gasteiger partial charge on any atom is -0.324 e. The number of urea groups is 1. The van der Waals surface area contributed by atoms with Crippen molar-refractivity contribution in [2.45, 2.75) is 12.2 Å². The van der Waals surface area contributed by atoms with E-state index in [4.69, 9.17) is 0 Å². The summed E-state index contributed by atoms with van der Waals surface area (Å²) in [7, 11) is 0. The summed E-state index contributed by atoms with van der Waals surface area (Å²) in [5.74, 6) is 0. The standard InChI is InChI=1S/C14H9F3N2O/c15-14(16,17)10-4-2-1-3-9(10)8-5-6-11-12(7-8)19-13(20)18-11/h1-7,12H,(H,19,20). The van der Waals surface area contributed by atoms with Gasteiger partial charge in [0.15, 0.2) is 0 Å². The lowest BCUT2D eigenvalue weighted by Crippen LogP contribution is -2.30. The third kappa shape index (κ3) is 2.13. The van der Waals surface area contributed by atoms with Crippen LogP contribution in [-0.4, -0.2) is 17.8 Å². The van der Waals surface area contributed by atoms with Crippen LogP contribution in [0.15, 0.2) is 47.5 Å². The van der Waals surface area contributed by atoms with Crippen LogP contribution in [-0.2, 0) is 6.18 Å². The molecule has 1 aliphatic carbocycles. The van der Waals surface area contributed by atoms with Crippen LogP contribution in [0, 0.1) is 0 Å². The predicted octanol–water partition coefficient (Wildman–Crippen LogP) is 3.19. The zero-order chi connectivity index (χ0) is 14.3. The van der Waals surface area contributed by atoms with Crippen molar-refractivity contribution in [3.8, 4) is 0 Å². The molecule has 3 nitrogen and oxygen atoms in total. The molecule has 0 saturated heterocycles. The second kappa shape index (κ2) is 4.33. The monoisotopic (exact) mass is 278 g/mol. The van der Waals surface area contributed by atoms with Gasteiger partial charge in [-0.25, -0.2) is 4.79 Å². The number of nitrogens with one attached hydrogen (secondary N) is 1. The quantitative estimate of drug-likeness (QED) is 0.842. The Morgan fingerprint density at radius 1 is 1.15 bits per heavy atom. The van der Waals surface area contributed by atoms with E-state index in [2.05, 4.69) is 10.3 Å². The molecule has 0 aromatic heterocycles. The maximum absolute atomic E-state index is 13.0. The van der Waals surface area contributed by atoms with Crippen LogP contribution in [0.5, 0.6) is 0 Å². The van der Waals surface area contributed by atoms with E-state index in [9.17, 15) is 18.0 Å². The van der Waals surface area contributed by atoms with Gasteiger partial charge in [0.2, 0.25) is 0 Å². The first-order valence-electron chi connectivity index (χ1n) is 5.91. The Labute approximate surface area is 112 Å². The van der Waals surface area contributed by atoms with E-state index >= 15 is 0 Å². The SMILES string of the molecule is O=C1N=C2C=CC(c3ccccc3C(F)(F)F)=CC2N1. The van der Waals surface area contributed by atoms with Crippen LogP contribution in [0.4, 0.5) is 18.0 Å². The summed E-state index contributed by atoms with van der Waals surface area (Å²) in [6.07, 6.45) is 0.262. The summed E-state index contributed by atoms with van der Waals surface area (Å²) in [6, 6.07) is 4.43. The Balaban J connectivity index is 2.04. The molecule has 102 valence electrons. The van der Waals surface area contributed by atoms with Gasteiger partial charge in [-0.1, -0.05) is 24.3 Å². The summed E-state index contributed by atoms with van der Waals surface area (Å²) in [4.78, 5) is 14.9. The van der Waals surface area contributed by atoms with Gasteiger partial charge in [0.25, 0.3) is 0 Å². The number of alkyl halides is 3. The van der Waals surface area contributed by atoms with Gasteiger partial charge in [-0.05, 0) is 29.4 Å². The molecule has 0 spiro atoms. The second-order valence-electron chi connectivity index (χ2n) is 4.46. The number of carbonyl (C=O) groups excluding carboxylic acids is 1. The van der Waals surface area contributed by atoms with Gasteiger partial charge < -0.3 is 5.32 Å². The Kier molecular flexibility index (Phi) is 2.74. The number of aliphatic imine (C=N–C) groups is 1. The summed E-state index contributed by atoms with van der Waals surface area (Å²) in [5, 5.41) is 2.56. The van der Waals surface area contributed by atoms with Crippen molar-refractivity contribution in [3.05, 3.63) is 53.6 Å². The smallest absolute Gasteiger partial charge is 0.324 e. The number of halogens is 3. The van der Waals surface area contributed by atoms with Gasteiger partial charge in [0, 0.05) is 0 Å². The molecule has 0 fully saturated rings. The molecule has 1 N–H and O–H groups in total. The summed E-state index contributed by atoms with van der Waals surface area (Å²) in [5.41, 5.74) is 0.337. The molecule has 6 heteroatoms. The lowest BCUT2D eigenvalue weighted by molar-refractivity contribution is -0.137. The molecule has 20 heavy (non-hydrogen) atoms. The molecule has 2 amide bonds. The van der Waals surface area contributed by atoms with Crippen LogP contribution < -0.4 is 5.32 Å². The first-order valence-corrected chi connectivity index (χ1v) is 5.91. The zero-order valence-corrected chi connectivity index (χ0v) is 10.1. The van der Waals surface area contributed by atoms with Crippen molar-refractivity contribution >= 4 is 17.3 Å². The lowest BCUT2D eigenvalue weighted by Gasteiger charge is -2.17. The van der Waals surface area contributed by atoms with E-state index in [1.54, 1.807) is 24.3 Å². The van der Waals surface area contributed by atoms with Crippen molar-refractivity contribution in [3.63, 3.8) is 0 Å². The van der Waals surface area contributed by atoms with E-state index < -0.39 is 23.8 Å². The van der Waals surface area contributed by atoms with Crippen molar-refractivity contribution in [1.82, 2.24) is 5.32 Å². The van der Waals surface area contributed by atoms with Crippen LogP contribution in [0.25, 0.3) is 5.57 Å². The van der Waals surface area contributed by atoms with Crippen LogP contribution in [0.2, 0.25) is 0 Å². The Morgan fingerprint density at radius 3 is 2.65 bits per heavy atom. The van der Waals surface area contributed by atoms with E-state index in [1.165, 1.54) is 12.1 Å². The summed E-state index contributed by atoms with van der Waals surface area (Å²) < 4.78 is 39.0. The highest BCUT2D eigenvalue weighted by atomic mass is 19.4. The van der Waals surface area contributed by atoms with Crippen molar-refractivity contribution in [1.29, 1.82) is 0 Å². The Morgan fingerprint density at radius 2 is 1.90 bits per heavy atom. The molecule has 1 unspecified atom stereocenters. The van der Waals surface area contributed by atoms with E-state index in [0.717, 1.165) is 6.07 Å². The normalized spacial score (nSPS) is 21.1. The number of hydrogen-bond acceptors (Lipinski definition) is 1. The fourth-order valence-corrected chi connectivity index (χ4v) is 2.27. The highest BCUT2D eigenvalue weighted by molar-refractivity contribution is 6.14. The van der Waals surface area contributed by atoms with Crippen LogP contribution in [0.3, 0.4) is 0 Å². The average molecular weight is 278 g/mol.